The number of nitrogens with zero attached hydrogens (tertiary/aromatic N) is 5. The van der Waals surface area contributed by atoms with Gasteiger partial charge in [-0.25, -0.2) is 22.2 Å². The summed E-state index contributed by atoms with van der Waals surface area (Å²) in [5.74, 6) is -6.86. The second-order valence-electron chi connectivity index (χ2n) is 11.6. The minimum Gasteiger partial charge on any atom is -0.368 e. The Morgan fingerprint density at radius 1 is 0.755 bits per heavy atom. The molecule has 1 aliphatic rings. The van der Waals surface area contributed by atoms with Crippen LogP contribution in [-0.2, 0) is 22.6 Å². The molecule has 1 amide bonds. The highest BCUT2D eigenvalue weighted by Crippen LogP contribution is 2.21. The molecule has 13 heteroatoms. The minimum absolute atomic E-state index is 0.0938. The van der Waals surface area contributed by atoms with Gasteiger partial charge in [0.2, 0.25) is 5.78 Å². The van der Waals surface area contributed by atoms with Gasteiger partial charge in [-0.15, -0.1) is 0 Å². The van der Waals surface area contributed by atoms with E-state index >= 15 is 0 Å². The average Bonchev–Trinajstić information content (AvgIpc) is 3.63. The van der Waals surface area contributed by atoms with Crippen LogP contribution in [0.4, 0.5) is 23.2 Å². The van der Waals surface area contributed by atoms with Crippen molar-refractivity contribution < 1.29 is 31.9 Å². The number of hydrogen-bond acceptors (Lipinski definition) is 6. The van der Waals surface area contributed by atoms with Crippen molar-refractivity contribution in [3.63, 3.8) is 0 Å². The van der Waals surface area contributed by atoms with E-state index in [1.165, 1.54) is 29.3 Å². The van der Waals surface area contributed by atoms with Crippen molar-refractivity contribution in [1.29, 1.82) is 0 Å². The van der Waals surface area contributed by atoms with Crippen molar-refractivity contribution in [3.05, 3.63) is 147 Å². The number of ketones is 2. The number of pyridine rings is 1. The Kier molecular flexibility index (Phi) is 9.51. The van der Waals surface area contributed by atoms with Gasteiger partial charge in [-0.1, -0.05) is 12.1 Å². The summed E-state index contributed by atoms with van der Waals surface area (Å²) in [4.78, 5) is 56.3. The van der Waals surface area contributed by atoms with Crippen molar-refractivity contribution in [3.8, 4) is 5.69 Å². The Balaban J connectivity index is 1.16. The summed E-state index contributed by atoms with van der Waals surface area (Å²) >= 11 is 0. The van der Waals surface area contributed by atoms with Gasteiger partial charge < -0.3 is 14.4 Å². The summed E-state index contributed by atoms with van der Waals surface area (Å²) in [6.07, 6.45) is 3.39. The number of amides is 1. The first-order valence-corrected chi connectivity index (χ1v) is 15.4. The molecule has 2 aromatic heterocycles. The Morgan fingerprint density at radius 3 is 2.10 bits per heavy atom. The van der Waals surface area contributed by atoms with Gasteiger partial charge in [0.1, 0.15) is 23.3 Å². The predicted molar refractivity (Wildman–Crippen MR) is 172 cm³/mol. The first-order valence-electron chi connectivity index (χ1n) is 15.4. The summed E-state index contributed by atoms with van der Waals surface area (Å²) in [7, 11) is 0. The third-order valence-corrected chi connectivity index (χ3v) is 8.28. The molecule has 5 aromatic rings. The molecular weight excluding hydrogens is 642 g/mol. The lowest BCUT2D eigenvalue weighted by molar-refractivity contribution is -0.144. The second-order valence-corrected chi connectivity index (χ2v) is 11.6. The lowest BCUT2D eigenvalue weighted by Gasteiger charge is -2.35. The van der Waals surface area contributed by atoms with E-state index in [0.29, 0.717) is 30.8 Å². The molecule has 0 radical (unpaired) electrons. The lowest BCUT2D eigenvalue weighted by Crippen LogP contribution is -2.51. The highest BCUT2D eigenvalue weighted by atomic mass is 19.1. The molecule has 3 heterocycles. The average molecular weight is 672 g/mol. The van der Waals surface area contributed by atoms with Crippen LogP contribution in [0.1, 0.15) is 33.5 Å². The number of Topliss-reactive ketones (excluding diaryl/α,β-unsaturated/α-hetero) is 2. The van der Waals surface area contributed by atoms with Crippen molar-refractivity contribution >= 4 is 23.2 Å². The van der Waals surface area contributed by atoms with Gasteiger partial charge in [0.05, 0.1) is 24.2 Å². The number of benzene rings is 3. The van der Waals surface area contributed by atoms with E-state index in [0.717, 1.165) is 22.0 Å². The zero-order valence-electron chi connectivity index (χ0n) is 26.0. The Bertz CT molecular complexity index is 2070. The van der Waals surface area contributed by atoms with Crippen LogP contribution in [0.5, 0.6) is 0 Å². The third kappa shape index (κ3) is 7.51. The maximum Gasteiger partial charge on any atom is 0.290 e. The fourth-order valence-corrected chi connectivity index (χ4v) is 5.79. The summed E-state index contributed by atoms with van der Waals surface area (Å²) < 4.78 is 59.2. The molecule has 0 spiro atoms. The standard InChI is InChI=1S/C36H29F4N5O4/c37-25-4-1-3-23(15-25)21-44-22-24(16-29-31(39)18-26(38)19-32(29)40)17-30(35(44)48)33(46)20-34(47)36(49)43-13-11-42(12-14-43)27-5-7-28(8-6-27)45-10-2-9-41-45/h1-10,15,17-19,22H,11-14,16,20-21H2. The highest BCUT2D eigenvalue weighted by molar-refractivity contribution is 6.40. The molecule has 1 fully saturated rings. The van der Waals surface area contributed by atoms with Gasteiger partial charge in [0, 0.05) is 74.6 Å². The van der Waals surface area contributed by atoms with Crippen molar-refractivity contribution in [1.82, 2.24) is 19.2 Å². The number of piperazine rings is 1. The van der Waals surface area contributed by atoms with Gasteiger partial charge in [0.25, 0.3) is 11.5 Å². The first kappa shape index (κ1) is 33.1. The largest absolute Gasteiger partial charge is 0.368 e. The number of hydrogen-bond donors (Lipinski definition) is 0. The van der Waals surface area contributed by atoms with E-state index in [1.807, 2.05) is 36.5 Å². The monoisotopic (exact) mass is 671 g/mol. The molecule has 0 bridgehead atoms. The summed E-state index contributed by atoms with van der Waals surface area (Å²) in [5.41, 5.74) is 0.437. The fraction of sp³-hybridized carbons (Fsp3) is 0.194. The molecule has 0 unspecified atom stereocenters. The number of aromatic nitrogens is 3. The summed E-state index contributed by atoms with van der Waals surface area (Å²) in [6, 6.07) is 17.0. The number of rotatable bonds is 10. The van der Waals surface area contributed by atoms with E-state index in [9.17, 15) is 36.7 Å². The molecule has 0 atom stereocenters. The fourth-order valence-electron chi connectivity index (χ4n) is 5.79. The van der Waals surface area contributed by atoms with Crippen LogP contribution in [0.15, 0.2) is 96.2 Å². The molecule has 49 heavy (non-hydrogen) atoms. The smallest absolute Gasteiger partial charge is 0.290 e. The Morgan fingerprint density at radius 2 is 1.45 bits per heavy atom. The Labute approximate surface area is 277 Å². The van der Waals surface area contributed by atoms with Gasteiger partial charge in [-0.2, -0.15) is 5.10 Å². The molecule has 1 saturated heterocycles. The molecule has 0 saturated carbocycles. The first-order chi connectivity index (χ1) is 23.5. The molecule has 9 nitrogen and oxygen atoms in total. The van der Waals surface area contributed by atoms with Crippen LogP contribution in [-0.4, -0.2) is 62.9 Å². The van der Waals surface area contributed by atoms with Crippen LogP contribution in [0.3, 0.4) is 0 Å². The third-order valence-electron chi connectivity index (χ3n) is 8.28. The zero-order chi connectivity index (χ0) is 34.7. The van der Waals surface area contributed by atoms with Crippen LogP contribution >= 0.6 is 0 Å². The minimum atomic E-state index is -1.17. The maximum atomic E-state index is 14.5. The number of anilines is 1. The predicted octanol–water partition coefficient (Wildman–Crippen LogP) is 4.72. The van der Waals surface area contributed by atoms with E-state index in [-0.39, 0.29) is 25.2 Å². The topological polar surface area (TPSA) is 97.5 Å². The van der Waals surface area contributed by atoms with Crippen LogP contribution in [0.2, 0.25) is 0 Å². The van der Waals surface area contributed by atoms with Gasteiger partial charge in [-0.3, -0.25) is 19.2 Å². The van der Waals surface area contributed by atoms with Gasteiger partial charge >= 0.3 is 0 Å². The summed E-state index contributed by atoms with van der Waals surface area (Å²) in [5, 5.41) is 4.21. The van der Waals surface area contributed by atoms with Crippen molar-refractivity contribution in [2.75, 3.05) is 31.1 Å². The maximum absolute atomic E-state index is 14.5. The normalized spacial score (nSPS) is 13.1. The van der Waals surface area contributed by atoms with Gasteiger partial charge in [-0.05, 0) is 59.7 Å². The highest BCUT2D eigenvalue weighted by Gasteiger charge is 2.29. The zero-order valence-corrected chi connectivity index (χ0v) is 26.0. The molecule has 0 N–H and O–H groups in total. The molecule has 3 aromatic carbocycles. The van der Waals surface area contributed by atoms with Gasteiger partial charge in [0.15, 0.2) is 5.78 Å². The molecule has 250 valence electrons. The second kappa shape index (κ2) is 14.1. The molecule has 1 aliphatic heterocycles. The molecular formula is C36H29F4N5O4. The lowest BCUT2D eigenvalue weighted by atomic mass is 10.00. The number of carbonyl (C=O) groups excluding carboxylic acids is 3. The van der Waals surface area contributed by atoms with Crippen LogP contribution < -0.4 is 10.5 Å². The summed E-state index contributed by atoms with van der Waals surface area (Å²) in [6.45, 7) is 1.13. The molecule has 0 aliphatic carbocycles. The van der Waals surface area contributed by atoms with E-state index in [2.05, 4.69) is 10.00 Å². The van der Waals surface area contributed by atoms with Crippen molar-refractivity contribution in [2.45, 2.75) is 19.4 Å². The Hall–Kier alpha value is -5.85. The molecule has 6 rings (SSSR count). The van der Waals surface area contributed by atoms with Crippen LogP contribution in [0, 0.1) is 23.3 Å². The van der Waals surface area contributed by atoms with E-state index < -0.39 is 70.3 Å². The number of halogens is 4. The van der Waals surface area contributed by atoms with E-state index in [4.69, 9.17) is 0 Å². The van der Waals surface area contributed by atoms with E-state index in [1.54, 1.807) is 16.9 Å². The SMILES string of the molecule is O=C(CC(=O)c1cc(Cc2c(F)cc(F)cc2F)cn(Cc2cccc(F)c2)c1=O)C(=O)N1CCN(c2ccc(-n3cccn3)cc2)CC1. The quantitative estimate of drug-likeness (QED) is 0.0923. The van der Waals surface area contributed by atoms with Crippen molar-refractivity contribution in [2.24, 2.45) is 0 Å². The number of carbonyl (C=O) groups is 3. The van der Waals surface area contributed by atoms with Crippen LogP contribution in [0.25, 0.3) is 5.69 Å².